The Bertz CT molecular complexity index is 1310. The molecule has 0 unspecified atom stereocenters. The highest BCUT2D eigenvalue weighted by molar-refractivity contribution is 7.33. The van der Waals surface area contributed by atoms with E-state index < -0.39 is 16.1 Å². The Morgan fingerprint density at radius 2 is 1.03 bits per heavy atom. The van der Waals surface area contributed by atoms with E-state index in [1.165, 1.54) is 54.0 Å². The summed E-state index contributed by atoms with van der Waals surface area (Å²) < 4.78 is 3.23. The molecule has 0 spiro atoms. The lowest BCUT2D eigenvalue weighted by atomic mass is 9.35. The molecule has 0 amide bonds. The standard InChI is InChI=1S/C29H35BS2Si2/c1-18-14-19(2)27(20(3)15-18)30-23-16-25(33(4,5)6)31-28(23)21-12-10-11-13-22(21)29-24(30)17-26(32-29)34(7,8)9/h10-17H,1-9H3. The van der Waals surface area contributed by atoms with Crippen molar-refractivity contribution in [2.45, 2.75) is 60.1 Å². The molecule has 0 saturated heterocycles. The Hall–Kier alpha value is -1.66. The second-order valence-electron chi connectivity index (χ2n) is 12.1. The first-order chi connectivity index (χ1) is 15.9. The summed E-state index contributed by atoms with van der Waals surface area (Å²) in [4.78, 5) is 2.99. The van der Waals surface area contributed by atoms with Gasteiger partial charge < -0.3 is 0 Å². The van der Waals surface area contributed by atoms with E-state index in [0.29, 0.717) is 6.71 Å². The Morgan fingerprint density at radius 3 is 1.41 bits per heavy atom. The Kier molecular flexibility index (Phi) is 5.80. The van der Waals surface area contributed by atoms with Crippen LogP contribution in [0.3, 0.4) is 0 Å². The van der Waals surface area contributed by atoms with Gasteiger partial charge in [0.15, 0.2) is 0 Å². The molecule has 0 atom stereocenters. The van der Waals surface area contributed by atoms with Crippen molar-refractivity contribution in [2.75, 3.05) is 0 Å². The van der Waals surface area contributed by atoms with Crippen molar-refractivity contribution in [1.82, 2.24) is 0 Å². The first-order valence-corrected chi connectivity index (χ1v) is 21.0. The van der Waals surface area contributed by atoms with Gasteiger partial charge in [-0.15, -0.1) is 22.7 Å². The topological polar surface area (TPSA) is 0 Å². The zero-order valence-corrected chi connectivity index (χ0v) is 25.6. The maximum atomic E-state index is 2.60. The highest BCUT2D eigenvalue weighted by Crippen LogP contribution is 2.38. The maximum absolute atomic E-state index is 2.60. The van der Waals surface area contributed by atoms with Crippen molar-refractivity contribution in [2.24, 2.45) is 0 Å². The number of benzene rings is 2. The summed E-state index contributed by atoms with van der Waals surface area (Å²) in [5, 5.41) is 0. The predicted octanol–water partition coefficient (Wildman–Crippen LogP) is 5.99. The summed E-state index contributed by atoms with van der Waals surface area (Å²) in [6.45, 7) is 22.1. The molecule has 1 aliphatic rings. The lowest BCUT2D eigenvalue weighted by molar-refractivity contribution is 1.35. The van der Waals surface area contributed by atoms with Gasteiger partial charge in [0.05, 0.1) is 16.1 Å². The van der Waals surface area contributed by atoms with Crippen LogP contribution in [-0.4, -0.2) is 22.9 Å². The van der Waals surface area contributed by atoms with E-state index in [2.05, 4.69) is 131 Å². The third-order valence-corrected chi connectivity index (χ3v) is 16.6. The minimum atomic E-state index is -1.44. The maximum Gasteiger partial charge on any atom is 0.245 e. The minimum absolute atomic E-state index is 0.292. The fraction of sp³-hybridized carbons (Fsp3) is 0.310. The van der Waals surface area contributed by atoms with Crippen molar-refractivity contribution >= 4 is 70.9 Å². The van der Waals surface area contributed by atoms with E-state index in [9.17, 15) is 0 Å². The number of aryl methyl sites for hydroxylation is 3. The van der Waals surface area contributed by atoms with Crippen LogP contribution in [0.25, 0.3) is 20.9 Å². The van der Waals surface area contributed by atoms with E-state index in [4.69, 9.17) is 0 Å². The summed E-state index contributed by atoms with van der Waals surface area (Å²) in [5.74, 6) is 0. The molecular formula is C29H35BS2Si2. The number of thiophene rings is 2. The van der Waals surface area contributed by atoms with E-state index in [1.807, 2.05) is 0 Å². The minimum Gasteiger partial charge on any atom is -0.146 e. The van der Waals surface area contributed by atoms with Crippen molar-refractivity contribution in [3.8, 4) is 20.9 Å². The zero-order valence-electron chi connectivity index (χ0n) is 22.0. The number of hydrogen-bond donors (Lipinski definition) is 0. The molecule has 0 saturated carbocycles. The molecule has 5 heteroatoms. The molecule has 5 rings (SSSR count). The van der Waals surface area contributed by atoms with Crippen molar-refractivity contribution in [3.63, 3.8) is 0 Å². The molecule has 0 nitrogen and oxygen atoms in total. The average Bonchev–Trinajstić information content (AvgIpc) is 3.33. The van der Waals surface area contributed by atoms with Crippen LogP contribution in [0.4, 0.5) is 0 Å². The highest BCUT2D eigenvalue weighted by Gasteiger charge is 2.38. The van der Waals surface area contributed by atoms with Crippen LogP contribution in [0.1, 0.15) is 16.7 Å². The Labute approximate surface area is 216 Å². The van der Waals surface area contributed by atoms with Gasteiger partial charge in [-0.2, -0.15) is 0 Å². The van der Waals surface area contributed by atoms with Gasteiger partial charge in [-0.05, 0) is 40.9 Å². The fourth-order valence-electron chi connectivity index (χ4n) is 5.40. The molecule has 2 aromatic heterocycles. The molecule has 0 fully saturated rings. The molecule has 2 aromatic carbocycles. The molecule has 0 N–H and O–H groups in total. The van der Waals surface area contributed by atoms with Crippen LogP contribution >= 0.6 is 22.7 Å². The van der Waals surface area contributed by atoms with Crippen molar-refractivity contribution in [3.05, 3.63) is 65.2 Å². The van der Waals surface area contributed by atoms with Gasteiger partial charge in [0.1, 0.15) is 0 Å². The second-order valence-corrected chi connectivity index (χ2v) is 25.0. The van der Waals surface area contributed by atoms with Crippen molar-refractivity contribution in [1.29, 1.82) is 0 Å². The second kappa shape index (κ2) is 8.19. The average molecular weight is 515 g/mol. The summed E-state index contributed by atoms with van der Waals surface area (Å²) in [6.07, 6.45) is 0. The van der Waals surface area contributed by atoms with E-state index in [-0.39, 0.29) is 0 Å². The lowest BCUT2D eigenvalue weighted by Crippen LogP contribution is -2.54. The van der Waals surface area contributed by atoms with Crippen LogP contribution in [-0.2, 0) is 0 Å². The molecule has 174 valence electrons. The monoisotopic (exact) mass is 514 g/mol. The van der Waals surface area contributed by atoms with E-state index in [1.54, 1.807) is 9.00 Å². The van der Waals surface area contributed by atoms with Gasteiger partial charge in [-0.1, -0.05) is 121 Å². The van der Waals surface area contributed by atoms with Gasteiger partial charge in [-0.3, -0.25) is 0 Å². The van der Waals surface area contributed by atoms with Crippen LogP contribution in [0, 0.1) is 20.8 Å². The predicted molar refractivity (Wildman–Crippen MR) is 164 cm³/mol. The van der Waals surface area contributed by atoms with Gasteiger partial charge >= 0.3 is 0 Å². The largest absolute Gasteiger partial charge is 0.245 e. The zero-order chi connectivity index (χ0) is 24.6. The molecule has 34 heavy (non-hydrogen) atoms. The van der Waals surface area contributed by atoms with Gasteiger partial charge in [0.2, 0.25) is 6.71 Å². The molecule has 4 aromatic rings. The molecule has 0 bridgehead atoms. The normalized spacial score (nSPS) is 13.4. The highest BCUT2D eigenvalue weighted by atomic mass is 32.1. The molecule has 3 heterocycles. The Balaban J connectivity index is 1.93. The first kappa shape index (κ1) is 24.1. The molecule has 1 aliphatic heterocycles. The van der Waals surface area contributed by atoms with E-state index >= 15 is 0 Å². The van der Waals surface area contributed by atoms with E-state index in [0.717, 1.165) is 0 Å². The van der Waals surface area contributed by atoms with Crippen molar-refractivity contribution < 1.29 is 0 Å². The molecule has 0 radical (unpaired) electrons. The van der Waals surface area contributed by atoms with Gasteiger partial charge in [0.25, 0.3) is 0 Å². The molecular weight excluding hydrogens is 479 g/mol. The Morgan fingerprint density at radius 1 is 0.618 bits per heavy atom. The quantitative estimate of drug-likeness (QED) is 0.260. The number of rotatable bonds is 3. The van der Waals surface area contributed by atoms with Crippen LogP contribution in [0.5, 0.6) is 0 Å². The fourth-order valence-corrected chi connectivity index (χ4v) is 11.6. The summed E-state index contributed by atoms with van der Waals surface area (Å²) >= 11 is 4.14. The van der Waals surface area contributed by atoms with Crippen LogP contribution in [0.15, 0.2) is 48.5 Å². The summed E-state index contributed by atoms with van der Waals surface area (Å²) in [5.41, 5.74) is 11.6. The van der Waals surface area contributed by atoms with Crippen LogP contribution < -0.4 is 25.4 Å². The summed E-state index contributed by atoms with van der Waals surface area (Å²) in [7, 11) is -2.88. The number of fused-ring (bicyclic) bond motifs is 5. The first-order valence-electron chi connectivity index (χ1n) is 12.3. The van der Waals surface area contributed by atoms with Gasteiger partial charge in [0, 0.05) is 9.75 Å². The van der Waals surface area contributed by atoms with Gasteiger partial charge in [-0.25, -0.2) is 0 Å². The molecule has 0 aliphatic carbocycles. The van der Waals surface area contributed by atoms with Crippen LogP contribution in [0.2, 0.25) is 39.3 Å². The summed E-state index contributed by atoms with van der Waals surface area (Å²) in [6, 6.07) is 19.2. The number of hydrogen-bond acceptors (Lipinski definition) is 2. The lowest BCUT2D eigenvalue weighted by Gasteiger charge is -2.20. The smallest absolute Gasteiger partial charge is 0.146 e. The SMILES string of the molecule is Cc1cc(C)c(B2c3cc([Si](C)(C)C)sc3-c3ccccc3-c3sc([Si](C)(C)C)cc32)c(C)c1. The third-order valence-electron chi connectivity index (χ3n) is 7.07. The third kappa shape index (κ3) is 3.95.